The van der Waals surface area contributed by atoms with Gasteiger partial charge in [0.2, 0.25) is 5.91 Å². The molecule has 2 aliphatic rings. The number of carbonyl (C=O) groups is 2. The van der Waals surface area contributed by atoms with Crippen LogP contribution < -0.4 is 10.9 Å². The summed E-state index contributed by atoms with van der Waals surface area (Å²) in [6, 6.07) is 9.78. The fourth-order valence-corrected chi connectivity index (χ4v) is 3.09. The number of non-ortho nitro benzene ring substituents is 1. The van der Waals surface area contributed by atoms with Crippen molar-refractivity contribution >= 4 is 41.6 Å². The quantitative estimate of drug-likeness (QED) is 0.370. The van der Waals surface area contributed by atoms with Crippen LogP contribution in [0.15, 0.2) is 57.7 Å². The van der Waals surface area contributed by atoms with E-state index in [1.54, 1.807) is 0 Å². The molecular weight excluding hydrogens is 406 g/mol. The molecule has 3 N–H and O–H groups in total. The van der Waals surface area contributed by atoms with Gasteiger partial charge in [0.15, 0.2) is 5.84 Å². The molecule has 0 aromatic heterocycles. The third-order valence-electron chi connectivity index (χ3n) is 4.61. The lowest BCUT2D eigenvalue weighted by Crippen LogP contribution is -2.55. The molecule has 0 spiro atoms. The first-order valence-corrected chi connectivity index (χ1v) is 9.03. The van der Waals surface area contributed by atoms with Gasteiger partial charge in [0.1, 0.15) is 11.8 Å². The minimum absolute atomic E-state index is 0.0547. The van der Waals surface area contributed by atoms with Gasteiger partial charge in [0.25, 0.3) is 11.6 Å². The highest BCUT2D eigenvalue weighted by molar-refractivity contribution is 6.14. The first-order chi connectivity index (χ1) is 14.9. The van der Waals surface area contributed by atoms with Crippen LogP contribution in [0.25, 0.3) is 0 Å². The van der Waals surface area contributed by atoms with E-state index < -0.39 is 22.8 Å². The maximum absolute atomic E-state index is 12.3. The fourth-order valence-electron chi connectivity index (χ4n) is 3.09. The molecule has 31 heavy (non-hydrogen) atoms. The Morgan fingerprint density at radius 2 is 2.16 bits per heavy atom. The second kappa shape index (κ2) is 8.02. The number of rotatable bonds is 5. The highest BCUT2D eigenvalue weighted by Crippen LogP contribution is 2.27. The molecule has 0 aliphatic carbocycles. The maximum Gasteiger partial charge on any atom is 0.270 e. The number of hydrogen-bond donors (Lipinski definition) is 3. The van der Waals surface area contributed by atoms with Gasteiger partial charge in [-0.05, 0) is 18.2 Å². The lowest BCUT2D eigenvalue weighted by Gasteiger charge is -2.34. The predicted molar refractivity (Wildman–Crippen MR) is 110 cm³/mol. The third-order valence-corrected chi connectivity index (χ3v) is 4.61. The Bertz CT molecular complexity index is 1170. The van der Waals surface area contributed by atoms with Crippen LogP contribution in [-0.4, -0.2) is 51.2 Å². The first-order valence-electron chi connectivity index (χ1n) is 9.03. The number of nitrogens with one attached hydrogen (secondary N) is 2. The summed E-state index contributed by atoms with van der Waals surface area (Å²) in [6.45, 7) is 0. The summed E-state index contributed by atoms with van der Waals surface area (Å²) < 4.78 is 0. The number of nitrogens with zero attached hydrogens (tertiary/aromatic N) is 5. The molecule has 2 aromatic carbocycles. The zero-order valence-corrected chi connectivity index (χ0v) is 15.8. The molecule has 1 atom stereocenters. The van der Waals surface area contributed by atoms with Crippen LogP contribution in [0.3, 0.4) is 0 Å². The number of hydrogen-bond acceptors (Lipinski definition) is 9. The molecule has 2 heterocycles. The van der Waals surface area contributed by atoms with Crippen molar-refractivity contribution in [1.29, 1.82) is 0 Å². The highest BCUT2D eigenvalue weighted by atomic mass is 16.6. The Labute approximate surface area is 174 Å². The van der Waals surface area contributed by atoms with Crippen LogP contribution in [0.4, 0.5) is 11.4 Å². The van der Waals surface area contributed by atoms with Crippen molar-refractivity contribution in [2.24, 2.45) is 15.2 Å². The summed E-state index contributed by atoms with van der Waals surface area (Å²) in [5.74, 6) is -0.841. The van der Waals surface area contributed by atoms with E-state index in [0.717, 1.165) is 30.0 Å². The summed E-state index contributed by atoms with van der Waals surface area (Å²) in [6.07, 6.45) is 2.27. The molecule has 0 saturated heterocycles. The number of para-hydroxylation sites is 1. The number of amides is 2. The van der Waals surface area contributed by atoms with Gasteiger partial charge in [-0.15, -0.1) is 0 Å². The minimum Gasteiger partial charge on any atom is -0.507 e. The molecule has 12 heteroatoms. The van der Waals surface area contributed by atoms with Crippen LogP contribution >= 0.6 is 0 Å². The van der Waals surface area contributed by atoms with Crippen molar-refractivity contribution in [3.05, 3.63) is 63.7 Å². The van der Waals surface area contributed by atoms with Gasteiger partial charge in [0.05, 0.1) is 29.6 Å². The van der Waals surface area contributed by atoms with E-state index >= 15 is 0 Å². The van der Waals surface area contributed by atoms with Crippen LogP contribution in [0.1, 0.15) is 17.5 Å². The molecule has 1 unspecified atom stereocenters. The fraction of sp³-hybridized carbons (Fsp3) is 0.105. The Kier molecular flexibility index (Phi) is 5.10. The molecule has 0 fully saturated rings. The number of nitro benzene ring substituents is 1. The zero-order chi connectivity index (χ0) is 22.0. The van der Waals surface area contributed by atoms with Crippen molar-refractivity contribution in [1.82, 2.24) is 15.8 Å². The average Bonchev–Trinajstić information content (AvgIpc) is 2.76. The van der Waals surface area contributed by atoms with Crippen molar-refractivity contribution < 1.29 is 19.6 Å². The molecule has 12 nitrogen and oxygen atoms in total. The van der Waals surface area contributed by atoms with E-state index in [0.29, 0.717) is 11.5 Å². The van der Waals surface area contributed by atoms with Crippen LogP contribution in [0.2, 0.25) is 0 Å². The normalized spacial score (nSPS) is 16.9. The molecule has 4 rings (SSSR count). The van der Waals surface area contributed by atoms with Gasteiger partial charge in [-0.25, -0.2) is 15.8 Å². The molecule has 2 aromatic rings. The summed E-state index contributed by atoms with van der Waals surface area (Å²) in [5.41, 5.74) is 5.89. The van der Waals surface area contributed by atoms with Crippen LogP contribution in [-0.2, 0) is 9.59 Å². The average molecular weight is 421 g/mol. The molecule has 2 amide bonds. The van der Waals surface area contributed by atoms with Crippen molar-refractivity contribution in [2.75, 3.05) is 0 Å². The molecule has 2 aliphatic heterocycles. The van der Waals surface area contributed by atoms with E-state index in [-0.39, 0.29) is 23.4 Å². The third kappa shape index (κ3) is 3.94. The SMILES string of the molecule is O=C(CC1C(=O)NN=C2c3ccccc3N=CN21)NN=Cc1cc([N+](=O)[O-])ccc1O. The number of aliphatic imine (C=N–C) groups is 1. The Hall–Kier alpha value is -4.61. The van der Waals surface area contributed by atoms with E-state index in [4.69, 9.17) is 0 Å². The van der Waals surface area contributed by atoms with Gasteiger partial charge >= 0.3 is 0 Å². The van der Waals surface area contributed by atoms with Gasteiger partial charge in [-0.2, -0.15) is 10.2 Å². The summed E-state index contributed by atoms with van der Waals surface area (Å²) in [7, 11) is 0. The Balaban J connectivity index is 1.45. The number of phenols is 1. The molecule has 0 bridgehead atoms. The topological polar surface area (TPSA) is 162 Å². The number of carbonyl (C=O) groups excluding carboxylic acids is 2. The second-order valence-electron chi connectivity index (χ2n) is 6.59. The van der Waals surface area contributed by atoms with Crippen molar-refractivity contribution in [3.8, 4) is 5.75 Å². The van der Waals surface area contributed by atoms with Gasteiger partial charge in [-0.1, -0.05) is 12.1 Å². The maximum atomic E-state index is 12.3. The number of nitro groups is 1. The zero-order valence-electron chi connectivity index (χ0n) is 15.8. The highest BCUT2D eigenvalue weighted by Gasteiger charge is 2.36. The lowest BCUT2D eigenvalue weighted by atomic mass is 10.1. The summed E-state index contributed by atoms with van der Waals surface area (Å²) in [4.78, 5) is 40.7. The number of fused-ring (bicyclic) bond motifs is 3. The second-order valence-corrected chi connectivity index (χ2v) is 6.59. The number of phenolic OH excluding ortho intramolecular Hbond substituents is 1. The standard InChI is InChI=1S/C19H15N7O5/c27-16-6-5-12(26(30)31)7-11(16)9-21-22-17(28)8-15-19(29)24-23-18-13-3-1-2-4-14(13)20-10-25(15)18/h1-7,9-10,15,27H,8H2,(H,22,28)(H,24,29). The van der Waals surface area contributed by atoms with Crippen LogP contribution in [0.5, 0.6) is 5.75 Å². The van der Waals surface area contributed by atoms with E-state index in [9.17, 15) is 24.8 Å². The minimum atomic E-state index is -0.897. The summed E-state index contributed by atoms with van der Waals surface area (Å²) >= 11 is 0. The van der Waals surface area contributed by atoms with Gasteiger partial charge in [-0.3, -0.25) is 19.7 Å². The smallest absolute Gasteiger partial charge is 0.270 e. The van der Waals surface area contributed by atoms with Gasteiger partial charge in [0, 0.05) is 23.3 Å². The van der Waals surface area contributed by atoms with Gasteiger partial charge < -0.3 is 10.0 Å². The van der Waals surface area contributed by atoms with Crippen molar-refractivity contribution in [2.45, 2.75) is 12.5 Å². The molecular formula is C19H15N7O5. The van der Waals surface area contributed by atoms with E-state index in [1.165, 1.54) is 11.2 Å². The number of amidine groups is 1. The largest absolute Gasteiger partial charge is 0.507 e. The number of aromatic hydroxyl groups is 1. The monoisotopic (exact) mass is 421 g/mol. The first kappa shape index (κ1) is 19.7. The van der Waals surface area contributed by atoms with Crippen molar-refractivity contribution in [3.63, 3.8) is 0 Å². The molecule has 0 radical (unpaired) electrons. The molecule has 0 saturated carbocycles. The number of benzene rings is 2. The van der Waals surface area contributed by atoms with E-state index in [2.05, 4.69) is 26.0 Å². The lowest BCUT2D eigenvalue weighted by molar-refractivity contribution is -0.384. The van der Waals surface area contributed by atoms with E-state index in [1.807, 2.05) is 24.3 Å². The Morgan fingerprint density at radius 3 is 2.97 bits per heavy atom. The Morgan fingerprint density at radius 1 is 1.35 bits per heavy atom. The number of hydrazone groups is 2. The summed E-state index contributed by atoms with van der Waals surface area (Å²) in [5, 5.41) is 28.4. The predicted octanol–water partition coefficient (Wildman–Crippen LogP) is 0.976. The molecule has 156 valence electrons. The van der Waals surface area contributed by atoms with Crippen LogP contribution in [0, 0.1) is 10.1 Å².